The van der Waals surface area contributed by atoms with Crippen molar-refractivity contribution in [2.24, 2.45) is 0 Å². The number of nitrogens with zero attached hydrogens (tertiary/aromatic N) is 1. The largest absolute Gasteiger partial charge is 0.456 e. The highest BCUT2D eigenvalue weighted by atomic mass is 32.1. The van der Waals surface area contributed by atoms with E-state index in [2.05, 4.69) is 496 Å². The fraction of sp³-hybridized carbons (Fsp3) is 0. The Kier molecular flexibility index (Phi) is 20.2. The number of para-hydroxylation sites is 4. The molecule has 644 valence electrons. The monoisotopic (exact) mass is 1770 g/mol. The van der Waals surface area contributed by atoms with Crippen LogP contribution in [0.3, 0.4) is 0 Å². The van der Waals surface area contributed by atoms with Crippen LogP contribution in [-0.2, 0) is 0 Å². The molecule has 0 aliphatic rings. The molecule has 0 unspecified atom stereocenters. The van der Waals surface area contributed by atoms with Crippen LogP contribution in [0.15, 0.2) is 524 Å². The maximum Gasteiger partial charge on any atom is 0.136 e. The number of fused-ring (bicyclic) bond motifs is 20. The van der Waals surface area contributed by atoms with Gasteiger partial charge in [-0.05, 0) is 248 Å². The number of aromatic nitrogens is 1. The Balaban J connectivity index is 0.0000000953. The van der Waals surface area contributed by atoms with E-state index in [0.29, 0.717) is 0 Å². The predicted molar refractivity (Wildman–Crippen MR) is 591 cm³/mol. The Morgan fingerprint density at radius 2 is 0.413 bits per heavy atom. The van der Waals surface area contributed by atoms with Gasteiger partial charge in [0, 0.05) is 58.2 Å². The van der Waals surface area contributed by atoms with Crippen molar-refractivity contribution in [2.45, 2.75) is 0 Å². The van der Waals surface area contributed by atoms with Crippen LogP contribution < -0.4 is 0 Å². The molecular formula is C134H85NO2S. The van der Waals surface area contributed by atoms with Crippen molar-refractivity contribution in [1.82, 2.24) is 4.57 Å². The number of furan rings is 2. The molecule has 0 saturated carbocycles. The van der Waals surface area contributed by atoms with Gasteiger partial charge in [0.05, 0.1) is 11.0 Å². The molecule has 0 atom stereocenters. The van der Waals surface area contributed by atoms with Gasteiger partial charge in [-0.3, -0.25) is 0 Å². The minimum atomic E-state index is 0.925. The predicted octanol–water partition coefficient (Wildman–Crippen LogP) is 38.6. The molecule has 0 aliphatic heterocycles. The van der Waals surface area contributed by atoms with Crippen molar-refractivity contribution in [2.75, 3.05) is 0 Å². The lowest BCUT2D eigenvalue weighted by Gasteiger charge is -2.18. The van der Waals surface area contributed by atoms with Crippen LogP contribution in [0.2, 0.25) is 0 Å². The second-order valence-electron chi connectivity index (χ2n) is 35.6. The first-order valence-electron chi connectivity index (χ1n) is 47.3. The third-order valence-electron chi connectivity index (χ3n) is 28.0. The lowest BCUT2D eigenvalue weighted by molar-refractivity contribution is 0.668. The van der Waals surface area contributed by atoms with Crippen molar-refractivity contribution in [1.29, 1.82) is 0 Å². The summed E-state index contributed by atoms with van der Waals surface area (Å²) in [5, 5.41) is 30.3. The number of benzene rings is 25. The lowest BCUT2D eigenvalue weighted by Crippen LogP contribution is -1.93. The zero-order valence-corrected chi connectivity index (χ0v) is 76.1. The average molecular weight is 1770 g/mol. The SMILES string of the molecule is c1ccc(-c2c3ccccc3c(-c3ccc4c(c3)c3ccccc3n4-c3ccccc3)c3ccccc23)cc1.c1ccc(-c2c3ccccc3c(-c3ccc4oc5ccccc5c4c3)c3ccccc23)cc1.c1ccc(-c2c3ccccc3c(-c3cccc4oc5ccccc5c34)c3ccccc23)cc1.c1ccc(-c2c3ccccc3c(-c3cccc4sc5ccccc5c34)c3ccccc23)cc1. The molecule has 29 aromatic rings. The molecule has 0 spiro atoms. The molecule has 4 aromatic heterocycles. The van der Waals surface area contributed by atoms with E-state index >= 15 is 0 Å². The smallest absolute Gasteiger partial charge is 0.136 e. The molecule has 4 heteroatoms. The summed E-state index contributed by atoms with van der Waals surface area (Å²) in [6, 6.07) is 185. The van der Waals surface area contributed by atoms with Crippen LogP contribution in [0.25, 0.3) is 267 Å². The molecule has 0 amide bonds. The van der Waals surface area contributed by atoms with Crippen LogP contribution in [-0.4, -0.2) is 4.57 Å². The summed E-state index contributed by atoms with van der Waals surface area (Å²) in [5.41, 5.74) is 27.6. The Bertz CT molecular complexity index is 9320. The third kappa shape index (κ3) is 13.7. The van der Waals surface area contributed by atoms with Crippen LogP contribution in [0.5, 0.6) is 0 Å². The van der Waals surface area contributed by atoms with E-state index in [9.17, 15) is 0 Å². The fourth-order valence-electron chi connectivity index (χ4n) is 22.2. The maximum absolute atomic E-state index is 6.23. The second-order valence-corrected chi connectivity index (χ2v) is 36.7. The first kappa shape index (κ1) is 81.0. The normalized spacial score (nSPS) is 11.6. The Hall–Kier alpha value is -17.8. The molecule has 0 aliphatic carbocycles. The standard InChI is InChI=1S/C38H25N.2C32H20O.C32H20S/c1-3-13-26(14-4-1)37-30-18-7-9-20-32(30)38(33-21-10-8-19-31(33)37)27-23-24-36-34(25-27)29-17-11-12-22-35(29)39(36)28-15-5-2-6-16-28;1-2-11-21(12-3-1)30-22-13-4-6-15-24(22)31(25-16-7-5-14-23(25)30)27-18-10-20-29-32(27)26-17-8-9-19-28(26)33-29;1-2-10-21(11-3-1)31-24-13-4-6-15-26(24)32(27-16-7-5-14-25(27)31)22-18-19-30-28(20-22)23-12-8-9-17-29(23)33-30;1-2-11-21(12-3-1)30-22-13-4-6-15-24(22)31(25-16-7-5-14-23(25)30)27-18-10-20-29-32(27)26-17-8-9-19-28(26)33-29/h1-25H;3*1-20H. The zero-order valence-electron chi connectivity index (χ0n) is 75.2. The Labute approximate surface area is 801 Å². The molecule has 0 bridgehead atoms. The molecule has 3 nitrogen and oxygen atoms in total. The number of thiophene rings is 1. The Morgan fingerprint density at radius 1 is 0.145 bits per heavy atom. The maximum atomic E-state index is 6.23. The van der Waals surface area contributed by atoms with Gasteiger partial charge in [0.2, 0.25) is 0 Å². The minimum absolute atomic E-state index is 0.925. The van der Waals surface area contributed by atoms with Gasteiger partial charge in [-0.2, -0.15) is 0 Å². The highest BCUT2D eigenvalue weighted by Crippen LogP contribution is 2.53. The van der Waals surface area contributed by atoms with Gasteiger partial charge in [-0.25, -0.2) is 0 Å². The minimum Gasteiger partial charge on any atom is -0.456 e. The summed E-state index contributed by atoms with van der Waals surface area (Å²) in [5.74, 6) is 0. The van der Waals surface area contributed by atoms with Crippen LogP contribution in [0.4, 0.5) is 0 Å². The van der Waals surface area contributed by atoms with E-state index in [4.69, 9.17) is 8.83 Å². The number of hydrogen-bond donors (Lipinski definition) is 0. The molecule has 25 aromatic carbocycles. The highest BCUT2D eigenvalue weighted by Gasteiger charge is 2.26. The van der Waals surface area contributed by atoms with Crippen molar-refractivity contribution in [3.05, 3.63) is 516 Å². The van der Waals surface area contributed by atoms with Crippen molar-refractivity contribution in [3.8, 4) is 94.7 Å². The first-order chi connectivity index (χ1) is 68.6. The molecular weight excluding hydrogens is 1690 g/mol. The molecule has 4 heterocycles. The molecule has 0 radical (unpaired) electrons. The van der Waals surface area contributed by atoms with E-state index in [0.717, 1.165) is 38.5 Å². The summed E-state index contributed by atoms with van der Waals surface area (Å²) >= 11 is 1.88. The highest BCUT2D eigenvalue weighted by molar-refractivity contribution is 7.26. The van der Waals surface area contributed by atoms with Gasteiger partial charge < -0.3 is 13.4 Å². The van der Waals surface area contributed by atoms with Gasteiger partial charge in [-0.1, -0.05) is 443 Å². The fourth-order valence-corrected chi connectivity index (χ4v) is 23.3. The van der Waals surface area contributed by atoms with Gasteiger partial charge in [0.25, 0.3) is 0 Å². The first-order valence-corrected chi connectivity index (χ1v) is 48.2. The molecule has 138 heavy (non-hydrogen) atoms. The van der Waals surface area contributed by atoms with Crippen molar-refractivity contribution < 1.29 is 8.83 Å². The van der Waals surface area contributed by atoms with Crippen molar-refractivity contribution in [3.63, 3.8) is 0 Å². The third-order valence-corrected chi connectivity index (χ3v) is 29.1. The molecule has 29 rings (SSSR count). The summed E-state index contributed by atoms with van der Waals surface area (Å²) in [4.78, 5) is 0. The van der Waals surface area contributed by atoms with Crippen LogP contribution >= 0.6 is 11.3 Å². The zero-order chi connectivity index (χ0) is 91.1. The summed E-state index contributed by atoms with van der Waals surface area (Å²) in [6.07, 6.45) is 0. The average Bonchev–Trinajstić information content (AvgIpc) is 1.38. The van der Waals surface area contributed by atoms with Crippen LogP contribution in [0, 0.1) is 0 Å². The second kappa shape index (κ2) is 34.3. The van der Waals surface area contributed by atoms with Gasteiger partial charge >= 0.3 is 0 Å². The van der Waals surface area contributed by atoms with E-state index in [-0.39, 0.29) is 0 Å². The summed E-state index contributed by atoms with van der Waals surface area (Å²) in [7, 11) is 0. The summed E-state index contributed by atoms with van der Waals surface area (Å²) in [6.45, 7) is 0. The molecule has 0 N–H and O–H groups in total. The summed E-state index contributed by atoms with van der Waals surface area (Å²) < 4.78 is 17.4. The lowest BCUT2D eigenvalue weighted by atomic mass is 9.85. The van der Waals surface area contributed by atoms with Crippen LogP contribution in [0.1, 0.15) is 0 Å². The molecule has 0 fully saturated rings. The van der Waals surface area contributed by atoms with E-state index in [1.54, 1.807) is 0 Å². The van der Waals surface area contributed by atoms with Gasteiger partial charge in [-0.15, -0.1) is 11.3 Å². The van der Waals surface area contributed by atoms with E-state index in [1.807, 2.05) is 35.6 Å². The topological polar surface area (TPSA) is 31.2 Å². The van der Waals surface area contributed by atoms with Gasteiger partial charge in [0.1, 0.15) is 22.3 Å². The Morgan fingerprint density at radius 3 is 0.833 bits per heavy atom. The quantitative estimate of drug-likeness (QED) is 0.135. The van der Waals surface area contributed by atoms with E-state index < -0.39 is 0 Å². The van der Waals surface area contributed by atoms with Crippen molar-refractivity contribution >= 4 is 183 Å². The van der Waals surface area contributed by atoms with E-state index in [1.165, 1.54) is 228 Å². The number of hydrogen-bond acceptors (Lipinski definition) is 3. The van der Waals surface area contributed by atoms with Gasteiger partial charge in [0.15, 0.2) is 0 Å². The number of rotatable bonds is 9. The molecule has 0 saturated heterocycles.